The first-order chi connectivity index (χ1) is 28.1. The number of fused-ring (bicyclic) bond motifs is 1. The summed E-state index contributed by atoms with van der Waals surface area (Å²) in [5.74, 6) is 6.83. The van der Waals surface area contributed by atoms with Crippen molar-refractivity contribution in [3.8, 4) is 28.7 Å². The number of hydrogen-bond donors (Lipinski definition) is 1. The standard InChI is InChI=1S/C43H41N11O4/c1-27-33(14-18-45-40(27)53-22-21-52(43(53)58)32-5-4-17-44-25-32)34-10-9-31(54-26-46-50(3)42(54)57)23-29(34)7-6-28-15-19-51(20-16-28)30-8-11-35-37(24-30)49(2)48-39(35)36-12-13-38(55)47-41(36)56/h4-5,8-11,14,17-18,23-26,28,36H,12-13,15-16,19-22H2,1-3H3,(H,47,55,56). The summed E-state index contributed by atoms with van der Waals surface area (Å²) in [5.41, 5.74) is 7.24. The molecule has 292 valence electrons. The van der Waals surface area contributed by atoms with E-state index in [0.717, 1.165) is 70.5 Å². The van der Waals surface area contributed by atoms with E-state index in [-0.39, 0.29) is 29.5 Å². The van der Waals surface area contributed by atoms with Gasteiger partial charge in [-0.05, 0) is 91.4 Å². The predicted molar refractivity (Wildman–Crippen MR) is 219 cm³/mol. The highest BCUT2D eigenvalue weighted by Gasteiger charge is 2.34. The highest BCUT2D eigenvalue weighted by molar-refractivity contribution is 6.06. The second-order valence-corrected chi connectivity index (χ2v) is 15.0. The van der Waals surface area contributed by atoms with Gasteiger partial charge < -0.3 is 4.90 Å². The van der Waals surface area contributed by atoms with Crippen molar-refractivity contribution in [2.24, 2.45) is 20.0 Å². The number of imide groups is 1. The highest BCUT2D eigenvalue weighted by Crippen LogP contribution is 2.36. The predicted octanol–water partition coefficient (Wildman–Crippen LogP) is 4.46. The molecule has 3 fully saturated rings. The molecule has 0 bridgehead atoms. The molecule has 7 heterocycles. The second-order valence-electron chi connectivity index (χ2n) is 15.0. The van der Waals surface area contributed by atoms with Gasteiger partial charge in [-0.25, -0.2) is 23.8 Å². The van der Waals surface area contributed by atoms with E-state index in [1.807, 2.05) is 61.1 Å². The number of piperidine rings is 2. The summed E-state index contributed by atoms with van der Waals surface area (Å²) in [6.45, 7) is 4.60. The number of urea groups is 1. The summed E-state index contributed by atoms with van der Waals surface area (Å²) in [6, 6.07) is 17.5. The fourth-order valence-corrected chi connectivity index (χ4v) is 8.30. The number of carbonyl (C=O) groups excluding carboxylic acids is 3. The van der Waals surface area contributed by atoms with Crippen molar-refractivity contribution in [2.45, 2.75) is 38.5 Å². The fourth-order valence-electron chi connectivity index (χ4n) is 8.30. The first-order valence-corrected chi connectivity index (χ1v) is 19.4. The Morgan fingerprint density at radius 2 is 1.62 bits per heavy atom. The smallest absolute Gasteiger partial charge is 0.350 e. The number of amides is 4. The number of nitrogens with one attached hydrogen (secondary N) is 1. The Bertz CT molecular complexity index is 2730. The van der Waals surface area contributed by atoms with Crippen LogP contribution < -0.4 is 25.7 Å². The van der Waals surface area contributed by atoms with E-state index in [4.69, 9.17) is 5.10 Å². The number of carbonyl (C=O) groups is 3. The summed E-state index contributed by atoms with van der Waals surface area (Å²) < 4.78 is 4.60. The van der Waals surface area contributed by atoms with E-state index in [1.165, 1.54) is 15.6 Å². The number of aryl methyl sites for hydroxylation is 2. The van der Waals surface area contributed by atoms with Gasteiger partial charge in [0.1, 0.15) is 12.1 Å². The molecule has 15 heteroatoms. The molecular weight excluding hydrogens is 735 g/mol. The van der Waals surface area contributed by atoms with E-state index in [0.29, 0.717) is 43.1 Å². The van der Waals surface area contributed by atoms with Gasteiger partial charge in [-0.2, -0.15) is 10.2 Å². The lowest BCUT2D eigenvalue weighted by atomic mass is 9.92. The van der Waals surface area contributed by atoms with Crippen LogP contribution in [0.4, 0.5) is 22.0 Å². The summed E-state index contributed by atoms with van der Waals surface area (Å²) in [5, 5.41) is 12.2. The summed E-state index contributed by atoms with van der Waals surface area (Å²) in [7, 11) is 3.50. The molecule has 9 rings (SSSR count). The lowest BCUT2D eigenvalue weighted by Crippen LogP contribution is -2.39. The van der Waals surface area contributed by atoms with Crippen LogP contribution >= 0.6 is 0 Å². The Balaban J connectivity index is 0.976. The molecule has 1 N–H and O–H groups in total. The Morgan fingerprint density at radius 1 is 0.810 bits per heavy atom. The third kappa shape index (κ3) is 6.55. The lowest BCUT2D eigenvalue weighted by Gasteiger charge is -2.31. The topological polar surface area (TPSA) is 156 Å². The molecule has 3 aliphatic heterocycles. The molecule has 0 spiro atoms. The van der Waals surface area contributed by atoms with Crippen LogP contribution in [0.2, 0.25) is 0 Å². The number of aromatic nitrogens is 7. The van der Waals surface area contributed by atoms with Crippen molar-refractivity contribution in [2.75, 3.05) is 40.9 Å². The van der Waals surface area contributed by atoms with E-state index in [2.05, 4.69) is 49.3 Å². The minimum Gasteiger partial charge on any atom is -0.371 e. The lowest BCUT2D eigenvalue weighted by molar-refractivity contribution is -0.134. The molecule has 0 aliphatic carbocycles. The van der Waals surface area contributed by atoms with E-state index in [9.17, 15) is 19.2 Å². The van der Waals surface area contributed by atoms with Crippen LogP contribution in [0.5, 0.6) is 0 Å². The zero-order valence-corrected chi connectivity index (χ0v) is 32.4. The number of benzene rings is 2. The molecule has 0 saturated carbocycles. The maximum absolute atomic E-state index is 13.6. The zero-order valence-electron chi connectivity index (χ0n) is 32.4. The normalized spacial score (nSPS) is 17.5. The molecule has 6 aromatic rings. The third-order valence-corrected chi connectivity index (χ3v) is 11.5. The van der Waals surface area contributed by atoms with Crippen LogP contribution in [0.1, 0.15) is 48.4 Å². The van der Waals surface area contributed by atoms with Gasteiger partial charge in [0, 0.05) is 81.6 Å². The zero-order chi connectivity index (χ0) is 40.1. The Labute approximate surface area is 333 Å². The van der Waals surface area contributed by atoms with Crippen molar-refractivity contribution >= 4 is 45.9 Å². The van der Waals surface area contributed by atoms with Crippen LogP contribution in [0.15, 0.2) is 84.3 Å². The number of nitrogens with zero attached hydrogens (tertiary/aromatic N) is 10. The van der Waals surface area contributed by atoms with Crippen LogP contribution in [0, 0.1) is 24.7 Å². The van der Waals surface area contributed by atoms with Gasteiger partial charge in [0.05, 0.1) is 34.7 Å². The molecule has 0 radical (unpaired) electrons. The molecule has 1 unspecified atom stereocenters. The van der Waals surface area contributed by atoms with Crippen LogP contribution in [0.3, 0.4) is 0 Å². The largest absolute Gasteiger partial charge is 0.371 e. The van der Waals surface area contributed by atoms with Gasteiger partial charge >= 0.3 is 11.7 Å². The maximum Gasteiger partial charge on any atom is 0.350 e. The van der Waals surface area contributed by atoms with Gasteiger partial charge in [0.2, 0.25) is 11.8 Å². The van der Waals surface area contributed by atoms with Gasteiger partial charge in [-0.15, -0.1) is 0 Å². The molecular formula is C43H41N11O4. The molecule has 1 atom stereocenters. The van der Waals surface area contributed by atoms with Crippen molar-refractivity contribution in [3.63, 3.8) is 0 Å². The van der Waals surface area contributed by atoms with Crippen molar-refractivity contribution in [1.29, 1.82) is 0 Å². The Morgan fingerprint density at radius 3 is 2.38 bits per heavy atom. The maximum atomic E-state index is 13.6. The number of anilines is 3. The summed E-state index contributed by atoms with van der Waals surface area (Å²) in [4.78, 5) is 65.6. The average Bonchev–Trinajstić information content (AvgIpc) is 3.90. The van der Waals surface area contributed by atoms with Crippen LogP contribution in [0.25, 0.3) is 27.7 Å². The first kappa shape index (κ1) is 36.6. The van der Waals surface area contributed by atoms with Gasteiger partial charge in [0.25, 0.3) is 0 Å². The van der Waals surface area contributed by atoms with Gasteiger partial charge in [-0.3, -0.25) is 34.4 Å². The SMILES string of the molecule is Cc1c(-c2ccc(-n3cnn(C)c3=O)cc2C#CC2CCN(c3ccc4c(C5CCC(=O)NC5=O)nn(C)c4c3)CC2)ccnc1N1CCN(c2cccnc2)C1=O. The molecule has 3 aliphatic rings. The number of rotatable bonds is 6. The first-order valence-electron chi connectivity index (χ1n) is 19.4. The Hall–Kier alpha value is -7.08. The van der Waals surface area contributed by atoms with Crippen molar-refractivity contribution < 1.29 is 14.4 Å². The number of hydrogen-bond acceptors (Lipinski definition) is 9. The number of pyridine rings is 2. The van der Waals surface area contributed by atoms with Crippen LogP contribution in [-0.2, 0) is 23.7 Å². The highest BCUT2D eigenvalue weighted by atomic mass is 16.2. The minimum atomic E-state index is -0.448. The van der Waals surface area contributed by atoms with Gasteiger partial charge in [-0.1, -0.05) is 17.9 Å². The molecule has 3 saturated heterocycles. The fraction of sp³-hybridized carbons (Fsp3) is 0.302. The van der Waals surface area contributed by atoms with Crippen molar-refractivity contribution in [3.05, 3.63) is 107 Å². The molecule has 4 amide bonds. The average molecular weight is 776 g/mol. The van der Waals surface area contributed by atoms with Crippen LogP contribution in [-0.4, -0.2) is 78.1 Å². The second kappa shape index (κ2) is 14.8. The molecule has 58 heavy (non-hydrogen) atoms. The molecule has 2 aromatic carbocycles. The molecule has 15 nitrogen and oxygen atoms in total. The monoisotopic (exact) mass is 775 g/mol. The molecule has 4 aromatic heterocycles. The van der Waals surface area contributed by atoms with E-state index < -0.39 is 5.92 Å². The summed E-state index contributed by atoms with van der Waals surface area (Å²) >= 11 is 0. The van der Waals surface area contributed by atoms with Gasteiger partial charge in [0.15, 0.2) is 0 Å². The Kier molecular flexibility index (Phi) is 9.31. The van der Waals surface area contributed by atoms with Crippen molar-refractivity contribution in [1.82, 2.24) is 39.4 Å². The summed E-state index contributed by atoms with van der Waals surface area (Å²) in [6.07, 6.45) is 9.08. The van der Waals surface area contributed by atoms with E-state index in [1.54, 1.807) is 35.4 Å². The quantitative estimate of drug-likeness (QED) is 0.191. The minimum absolute atomic E-state index is 0.142. The van der Waals surface area contributed by atoms with E-state index >= 15 is 0 Å². The third-order valence-electron chi connectivity index (χ3n) is 11.5.